The number of thiol groups is 1. The Morgan fingerprint density at radius 1 is 1.10 bits per heavy atom. The van der Waals surface area contributed by atoms with Crippen molar-refractivity contribution in [1.82, 2.24) is 18.8 Å². The SMILES string of the molecule is Cn1cnc2ccc(-c3cc(NC4CCN([SH+](C)=O)CC4)c4cnccc4c3)cc21. The lowest BCUT2D eigenvalue weighted by atomic mass is 9.99. The molecular weight excluding hydrogens is 394 g/mol. The van der Waals surface area contributed by atoms with E-state index in [9.17, 15) is 4.21 Å². The Labute approximate surface area is 178 Å². The molecule has 0 amide bonds. The van der Waals surface area contributed by atoms with Crippen LogP contribution < -0.4 is 5.32 Å². The summed E-state index contributed by atoms with van der Waals surface area (Å²) >= 11 is 0. The van der Waals surface area contributed by atoms with E-state index in [1.165, 1.54) is 16.5 Å². The van der Waals surface area contributed by atoms with Gasteiger partial charge in [-0.2, -0.15) is 0 Å². The van der Waals surface area contributed by atoms with E-state index >= 15 is 0 Å². The van der Waals surface area contributed by atoms with Crippen molar-refractivity contribution in [2.24, 2.45) is 7.05 Å². The van der Waals surface area contributed by atoms with Gasteiger partial charge in [-0.15, -0.1) is 4.31 Å². The molecule has 1 fully saturated rings. The number of rotatable bonds is 4. The maximum atomic E-state index is 11.8. The molecule has 154 valence electrons. The molecule has 1 unspecified atom stereocenters. The average Bonchev–Trinajstić information content (AvgIpc) is 3.14. The van der Waals surface area contributed by atoms with Crippen LogP contribution >= 0.6 is 0 Å². The first-order valence-corrected chi connectivity index (χ1v) is 12.0. The van der Waals surface area contributed by atoms with Gasteiger partial charge in [0, 0.05) is 49.6 Å². The lowest BCUT2D eigenvalue weighted by Gasteiger charge is -2.28. The quantitative estimate of drug-likeness (QED) is 0.402. The van der Waals surface area contributed by atoms with Gasteiger partial charge in [0.15, 0.2) is 0 Å². The number of nitrogens with zero attached hydrogens (tertiary/aromatic N) is 4. The number of piperidine rings is 1. The summed E-state index contributed by atoms with van der Waals surface area (Å²) in [6.45, 7) is 1.74. The molecule has 6 nitrogen and oxygen atoms in total. The van der Waals surface area contributed by atoms with Gasteiger partial charge in [-0.25, -0.2) is 4.98 Å². The van der Waals surface area contributed by atoms with Crippen LogP contribution in [0, 0.1) is 0 Å². The van der Waals surface area contributed by atoms with Crippen LogP contribution in [0.5, 0.6) is 0 Å². The highest BCUT2D eigenvalue weighted by Gasteiger charge is 2.24. The normalized spacial score (nSPS) is 16.9. The van der Waals surface area contributed by atoms with Crippen LogP contribution in [0.15, 0.2) is 55.1 Å². The number of nitrogens with one attached hydrogen (secondary N) is 1. The van der Waals surface area contributed by atoms with Gasteiger partial charge < -0.3 is 9.88 Å². The van der Waals surface area contributed by atoms with Crippen LogP contribution in [0.1, 0.15) is 12.8 Å². The van der Waals surface area contributed by atoms with Crippen LogP contribution in [-0.2, 0) is 22.2 Å². The lowest BCUT2D eigenvalue weighted by Crippen LogP contribution is -2.39. The minimum absolute atomic E-state index is 0.370. The van der Waals surface area contributed by atoms with Crippen molar-refractivity contribution < 1.29 is 4.21 Å². The van der Waals surface area contributed by atoms with Crippen LogP contribution in [-0.4, -0.2) is 44.2 Å². The third-order valence-electron chi connectivity index (χ3n) is 6.04. The third-order valence-corrected chi connectivity index (χ3v) is 7.24. The van der Waals surface area contributed by atoms with Crippen molar-refractivity contribution in [2.75, 3.05) is 24.7 Å². The van der Waals surface area contributed by atoms with Gasteiger partial charge in [0.05, 0.1) is 17.4 Å². The largest absolute Gasteiger partial charge is 0.382 e. The number of aromatic nitrogens is 3. The molecule has 0 bridgehead atoms. The van der Waals surface area contributed by atoms with Crippen molar-refractivity contribution in [3.63, 3.8) is 0 Å². The van der Waals surface area contributed by atoms with E-state index in [0.29, 0.717) is 6.04 Å². The fourth-order valence-electron chi connectivity index (χ4n) is 4.30. The van der Waals surface area contributed by atoms with Crippen molar-refractivity contribution in [3.05, 3.63) is 55.1 Å². The first kappa shape index (κ1) is 19.2. The van der Waals surface area contributed by atoms with E-state index in [-0.39, 0.29) is 0 Å². The fraction of sp³-hybridized carbons (Fsp3) is 0.304. The predicted octanol–water partition coefficient (Wildman–Crippen LogP) is 3.91. The highest BCUT2D eigenvalue weighted by molar-refractivity contribution is 7.81. The summed E-state index contributed by atoms with van der Waals surface area (Å²) < 4.78 is 15.9. The smallest absolute Gasteiger partial charge is 0.142 e. The highest BCUT2D eigenvalue weighted by Crippen LogP contribution is 2.33. The molecule has 2 aromatic carbocycles. The molecule has 0 radical (unpaired) electrons. The van der Waals surface area contributed by atoms with Gasteiger partial charge >= 0.3 is 0 Å². The minimum atomic E-state index is -1.24. The Bertz CT molecular complexity index is 1240. The molecule has 7 heteroatoms. The molecule has 0 spiro atoms. The summed E-state index contributed by atoms with van der Waals surface area (Å²) in [5, 5.41) is 6.06. The number of anilines is 1. The molecule has 1 aliphatic heterocycles. The van der Waals surface area contributed by atoms with Crippen LogP contribution in [0.2, 0.25) is 0 Å². The van der Waals surface area contributed by atoms with Gasteiger partial charge in [-0.3, -0.25) is 4.98 Å². The van der Waals surface area contributed by atoms with E-state index in [2.05, 4.69) is 60.6 Å². The van der Waals surface area contributed by atoms with Gasteiger partial charge in [-0.1, -0.05) is 10.3 Å². The standard InChI is InChI=1S/C23H25N5OS/c1-27-15-25-21-4-3-16(13-23(21)27)18-11-17-5-8-24-14-20(17)22(12-18)26-19-6-9-28(10-7-19)30(2)29/h3-5,8,11-15,19,26H,6-7,9-10H2,1-2H3/p+1. The maximum absolute atomic E-state index is 11.8. The third kappa shape index (κ3) is 3.59. The Kier molecular flexibility index (Phi) is 5.00. The molecule has 1 atom stereocenters. The van der Waals surface area contributed by atoms with E-state index in [1.807, 2.05) is 25.8 Å². The van der Waals surface area contributed by atoms with Crippen LogP contribution in [0.25, 0.3) is 32.9 Å². The average molecular weight is 421 g/mol. The fourth-order valence-corrected chi connectivity index (χ4v) is 5.10. The summed E-state index contributed by atoms with van der Waals surface area (Å²) in [5.41, 5.74) is 5.59. The monoisotopic (exact) mass is 420 g/mol. The van der Waals surface area contributed by atoms with Crippen LogP contribution in [0.3, 0.4) is 0 Å². The van der Waals surface area contributed by atoms with Crippen molar-refractivity contribution in [1.29, 1.82) is 0 Å². The second kappa shape index (κ2) is 7.81. The first-order valence-electron chi connectivity index (χ1n) is 10.3. The molecule has 5 rings (SSSR count). The molecular formula is C23H26N5OS+. The maximum Gasteiger partial charge on any atom is 0.142 e. The second-order valence-corrected chi connectivity index (χ2v) is 9.51. The Hall–Kier alpha value is -2.77. The Balaban J connectivity index is 1.51. The zero-order valence-electron chi connectivity index (χ0n) is 17.2. The Morgan fingerprint density at radius 2 is 1.93 bits per heavy atom. The van der Waals surface area contributed by atoms with E-state index in [1.54, 1.807) is 6.26 Å². The summed E-state index contributed by atoms with van der Waals surface area (Å²) in [5.74, 6) is 0. The summed E-state index contributed by atoms with van der Waals surface area (Å²) in [6.07, 6.45) is 9.40. The van der Waals surface area contributed by atoms with Gasteiger partial charge in [0.2, 0.25) is 0 Å². The summed E-state index contributed by atoms with van der Waals surface area (Å²) in [4.78, 5) is 8.79. The number of pyridine rings is 1. The molecule has 1 saturated heterocycles. The zero-order valence-corrected chi connectivity index (χ0v) is 18.1. The lowest BCUT2D eigenvalue weighted by molar-refractivity contribution is 0.344. The minimum Gasteiger partial charge on any atom is -0.382 e. The van der Waals surface area contributed by atoms with Crippen LogP contribution in [0.4, 0.5) is 5.69 Å². The second-order valence-electron chi connectivity index (χ2n) is 8.02. The van der Waals surface area contributed by atoms with Gasteiger partial charge in [0.25, 0.3) is 0 Å². The van der Waals surface area contributed by atoms with E-state index in [4.69, 9.17) is 0 Å². The van der Waals surface area contributed by atoms with Crippen molar-refractivity contribution >= 4 is 38.5 Å². The topological polar surface area (TPSA) is 63.1 Å². The number of imidazole rings is 1. The Morgan fingerprint density at radius 3 is 2.73 bits per heavy atom. The number of fused-ring (bicyclic) bond motifs is 2. The number of hydrogen-bond acceptors (Lipinski definition) is 4. The zero-order chi connectivity index (χ0) is 20.7. The van der Waals surface area contributed by atoms with Crippen molar-refractivity contribution in [3.8, 4) is 11.1 Å². The number of aryl methyl sites for hydroxylation is 1. The molecule has 3 heterocycles. The molecule has 0 saturated carbocycles. The molecule has 30 heavy (non-hydrogen) atoms. The summed E-state index contributed by atoms with van der Waals surface area (Å²) in [7, 11) is 0.787. The highest BCUT2D eigenvalue weighted by atomic mass is 32.2. The van der Waals surface area contributed by atoms with Gasteiger partial charge in [-0.05, 0) is 59.7 Å². The first-order chi connectivity index (χ1) is 14.6. The van der Waals surface area contributed by atoms with E-state index in [0.717, 1.165) is 48.0 Å². The predicted molar refractivity (Wildman–Crippen MR) is 125 cm³/mol. The molecule has 4 aromatic rings. The van der Waals surface area contributed by atoms with Crippen molar-refractivity contribution in [2.45, 2.75) is 18.9 Å². The number of hydrogen-bond donors (Lipinski definition) is 1. The summed E-state index contributed by atoms with van der Waals surface area (Å²) in [6, 6.07) is 13.3. The molecule has 1 aliphatic rings. The van der Waals surface area contributed by atoms with E-state index < -0.39 is 11.0 Å². The van der Waals surface area contributed by atoms with Gasteiger partial charge in [0.1, 0.15) is 17.2 Å². The number of benzene rings is 2. The molecule has 1 N–H and O–H groups in total. The molecule has 2 aromatic heterocycles. The molecule has 0 aliphatic carbocycles.